The SMILES string of the molecule is O=C(c1ccc(F)cc1F)N1CCN(Cc2nc3ccccc3[nH]2)CC1. The number of imidazole rings is 1. The lowest BCUT2D eigenvalue weighted by molar-refractivity contribution is 0.0621. The Bertz CT molecular complexity index is 915. The van der Waals surface area contributed by atoms with Gasteiger partial charge in [0.05, 0.1) is 23.1 Å². The van der Waals surface area contributed by atoms with Crippen molar-refractivity contribution < 1.29 is 13.6 Å². The first-order valence-corrected chi connectivity index (χ1v) is 8.50. The van der Waals surface area contributed by atoms with Gasteiger partial charge in [0.1, 0.15) is 17.5 Å². The molecule has 2 aromatic carbocycles. The van der Waals surface area contributed by atoms with Crippen molar-refractivity contribution in [3.8, 4) is 0 Å². The molecule has 1 fully saturated rings. The van der Waals surface area contributed by atoms with Crippen LogP contribution in [0.2, 0.25) is 0 Å². The van der Waals surface area contributed by atoms with E-state index in [-0.39, 0.29) is 5.56 Å². The Morgan fingerprint density at radius 3 is 2.58 bits per heavy atom. The zero-order valence-electron chi connectivity index (χ0n) is 14.1. The molecule has 3 aromatic rings. The fourth-order valence-electron chi connectivity index (χ4n) is 3.23. The summed E-state index contributed by atoms with van der Waals surface area (Å²) in [5.41, 5.74) is 1.85. The third kappa shape index (κ3) is 3.30. The van der Waals surface area contributed by atoms with Gasteiger partial charge >= 0.3 is 0 Å². The molecule has 2 heterocycles. The molecular formula is C19H18F2N4O. The van der Waals surface area contributed by atoms with Crippen LogP contribution in [0, 0.1) is 11.6 Å². The first-order chi connectivity index (χ1) is 12.6. The van der Waals surface area contributed by atoms with Gasteiger partial charge in [-0.1, -0.05) is 12.1 Å². The zero-order valence-corrected chi connectivity index (χ0v) is 14.1. The summed E-state index contributed by atoms with van der Waals surface area (Å²) < 4.78 is 26.8. The lowest BCUT2D eigenvalue weighted by atomic mass is 10.1. The average molecular weight is 356 g/mol. The molecule has 0 spiro atoms. The number of piperazine rings is 1. The molecular weight excluding hydrogens is 338 g/mol. The minimum Gasteiger partial charge on any atom is -0.341 e. The highest BCUT2D eigenvalue weighted by Gasteiger charge is 2.24. The lowest BCUT2D eigenvalue weighted by Gasteiger charge is -2.34. The molecule has 134 valence electrons. The maximum absolute atomic E-state index is 13.8. The predicted octanol–water partition coefficient (Wildman–Crippen LogP) is 2.80. The zero-order chi connectivity index (χ0) is 18.1. The van der Waals surface area contributed by atoms with Gasteiger partial charge in [-0.25, -0.2) is 13.8 Å². The third-order valence-electron chi connectivity index (χ3n) is 4.63. The van der Waals surface area contributed by atoms with Crippen LogP contribution in [0.5, 0.6) is 0 Å². The van der Waals surface area contributed by atoms with Gasteiger partial charge < -0.3 is 9.88 Å². The maximum Gasteiger partial charge on any atom is 0.256 e. The summed E-state index contributed by atoms with van der Waals surface area (Å²) in [4.78, 5) is 24.1. The quantitative estimate of drug-likeness (QED) is 0.785. The van der Waals surface area contributed by atoms with Gasteiger partial charge in [0.2, 0.25) is 0 Å². The first-order valence-electron chi connectivity index (χ1n) is 8.50. The number of benzene rings is 2. The van der Waals surface area contributed by atoms with E-state index in [1.807, 2.05) is 24.3 Å². The second kappa shape index (κ2) is 6.84. The van der Waals surface area contributed by atoms with E-state index in [9.17, 15) is 13.6 Å². The molecule has 1 saturated heterocycles. The molecule has 1 amide bonds. The van der Waals surface area contributed by atoms with E-state index in [0.717, 1.165) is 29.0 Å². The maximum atomic E-state index is 13.8. The highest BCUT2D eigenvalue weighted by Crippen LogP contribution is 2.16. The molecule has 0 unspecified atom stereocenters. The number of carbonyl (C=O) groups is 1. The fourth-order valence-corrected chi connectivity index (χ4v) is 3.23. The van der Waals surface area contributed by atoms with Crippen LogP contribution in [0.1, 0.15) is 16.2 Å². The molecule has 1 aromatic heterocycles. The Morgan fingerprint density at radius 1 is 1.08 bits per heavy atom. The molecule has 0 aliphatic carbocycles. The lowest BCUT2D eigenvalue weighted by Crippen LogP contribution is -2.48. The van der Waals surface area contributed by atoms with Gasteiger partial charge in [0.25, 0.3) is 5.91 Å². The van der Waals surface area contributed by atoms with Crippen LogP contribution in [-0.4, -0.2) is 51.9 Å². The fraction of sp³-hybridized carbons (Fsp3) is 0.263. The van der Waals surface area contributed by atoms with E-state index in [1.54, 1.807) is 4.90 Å². The molecule has 0 saturated carbocycles. The minimum absolute atomic E-state index is 0.0860. The molecule has 0 radical (unpaired) electrons. The molecule has 26 heavy (non-hydrogen) atoms. The Labute approximate surface area is 149 Å². The molecule has 0 bridgehead atoms. The van der Waals surface area contributed by atoms with E-state index in [0.29, 0.717) is 32.7 Å². The highest BCUT2D eigenvalue weighted by molar-refractivity contribution is 5.94. The van der Waals surface area contributed by atoms with Crippen molar-refractivity contribution in [3.05, 3.63) is 65.5 Å². The van der Waals surface area contributed by atoms with Crippen molar-refractivity contribution in [2.75, 3.05) is 26.2 Å². The Kier molecular flexibility index (Phi) is 4.38. The second-order valence-electron chi connectivity index (χ2n) is 6.39. The summed E-state index contributed by atoms with van der Waals surface area (Å²) >= 11 is 0. The highest BCUT2D eigenvalue weighted by atomic mass is 19.1. The van der Waals surface area contributed by atoms with Crippen LogP contribution in [-0.2, 0) is 6.54 Å². The number of carbonyl (C=O) groups excluding carboxylic acids is 1. The van der Waals surface area contributed by atoms with Crippen LogP contribution < -0.4 is 0 Å². The molecule has 1 N–H and O–H groups in total. The van der Waals surface area contributed by atoms with E-state index in [1.165, 1.54) is 6.07 Å². The van der Waals surface area contributed by atoms with Crippen molar-refractivity contribution in [1.29, 1.82) is 0 Å². The van der Waals surface area contributed by atoms with Gasteiger partial charge in [0.15, 0.2) is 0 Å². The summed E-state index contributed by atoms with van der Waals surface area (Å²) in [5.74, 6) is -1.02. The van der Waals surface area contributed by atoms with E-state index in [2.05, 4.69) is 14.9 Å². The molecule has 1 aliphatic heterocycles. The summed E-state index contributed by atoms with van der Waals surface area (Å²) in [6, 6.07) is 10.9. The van der Waals surface area contributed by atoms with Crippen LogP contribution >= 0.6 is 0 Å². The molecule has 5 nitrogen and oxygen atoms in total. The number of nitrogens with one attached hydrogen (secondary N) is 1. The summed E-state index contributed by atoms with van der Waals surface area (Å²) in [5, 5.41) is 0. The van der Waals surface area contributed by atoms with E-state index in [4.69, 9.17) is 0 Å². The van der Waals surface area contributed by atoms with E-state index >= 15 is 0 Å². The average Bonchev–Trinajstić information content (AvgIpc) is 3.04. The summed E-state index contributed by atoms with van der Waals surface area (Å²) in [7, 11) is 0. The number of nitrogens with zero attached hydrogens (tertiary/aromatic N) is 3. The molecule has 0 atom stereocenters. The van der Waals surface area contributed by atoms with Crippen LogP contribution in [0.3, 0.4) is 0 Å². The van der Waals surface area contributed by atoms with Gasteiger partial charge in [-0.2, -0.15) is 0 Å². The van der Waals surface area contributed by atoms with Crippen molar-refractivity contribution >= 4 is 16.9 Å². The number of rotatable bonds is 3. The second-order valence-corrected chi connectivity index (χ2v) is 6.39. The first kappa shape index (κ1) is 16.7. The smallest absolute Gasteiger partial charge is 0.256 e. The van der Waals surface area contributed by atoms with Crippen LogP contribution in [0.15, 0.2) is 42.5 Å². The number of H-pyrrole nitrogens is 1. The van der Waals surface area contributed by atoms with Gasteiger partial charge in [0, 0.05) is 32.2 Å². The topological polar surface area (TPSA) is 52.2 Å². The van der Waals surface area contributed by atoms with Crippen LogP contribution in [0.25, 0.3) is 11.0 Å². The van der Waals surface area contributed by atoms with Crippen molar-refractivity contribution in [2.45, 2.75) is 6.54 Å². The van der Waals surface area contributed by atoms with E-state index < -0.39 is 17.5 Å². The Morgan fingerprint density at radius 2 is 1.85 bits per heavy atom. The van der Waals surface area contributed by atoms with Crippen LogP contribution in [0.4, 0.5) is 8.78 Å². The van der Waals surface area contributed by atoms with Gasteiger partial charge in [-0.15, -0.1) is 0 Å². The largest absolute Gasteiger partial charge is 0.341 e. The number of para-hydroxylation sites is 2. The number of hydrogen-bond acceptors (Lipinski definition) is 3. The van der Waals surface area contributed by atoms with Gasteiger partial charge in [-0.3, -0.25) is 9.69 Å². The number of halogens is 2. The number of hydrogen-bond donors (Lipinski definition) is 1. The number of aromatic nitrogens is 2. The number of amides is 1. The Balaban J connectivity index is 1.38. The normalized spacial score (nSPS) is 15.5. The predicted molar refractivity (Wildman–Crippen MR) is 93.6 cm³/mol. The minimum atomic E-state index is -0.820. The van der Waals surface area contributed by atoms with Crippen molar-refractivity contribution in [3.63, 3.8) is 0 Å². The number of fused-ring (bicyclic) bond motifs is 1. The van der Waals surface area contributed by atoms with Gasteiger partial charge in [-0.05, 0) is 24.3 Å². The standard InChI is InChI=1S/C19H18F2N4O/c20-13-5-6-14(15(21)11-13)19(26)25-9-7-24(8-10-25)12-18-22-16-3-1-2-4-17(16)23-18/h1-6,11H,7-10,12H2,(H,22,23). The van der Waals surface area contributed by atoms with Crippen molar-refractivity contribution in [2.24, 2.45) is 0 Å². The molecule has 4 rings (SSSR count). The monoisotopic (exact) mass is 356 g/mol. The Hall–Kier alpha value is -2.80. The summed E-state index contributed by atoms with van der Waals surface area (Å²) in [6.45, 7) is 3.00. The third-order valence-corrected chi connectivity index (χ3v) is 4.63. The summed E-state index contributed by atoms with van der Waals surface area (Å²) in [6.07, 6.45) is 0. The molecule has 7 heteroatoms. The molecule has 1 aliphatic rings. The number of aromatic amines is 1. The van der Waals surface area contributed by atoms with Crippen molar-refractivity contribution in [1.82, 2.24) is 19.8 Å².